The van der Waals surface area contributed by atoms with Crippen LogP contribution in [0.2, 0.25) is 0 Å². The van der Waals surface area contributed by atoms with Crippen molar-refractivity contribution in [3.8, 4) is 0 Å². The third-order valence-corrected chi connectivity index (χ3v) is 3.12. The van der Waals surface area contributed by atoms with E-state index in [1.807, 2.05) is 0 Å². The largest absolute Gasteiger partial charge is 0.368 e. The average molecular weight is 304 g/mol. The van der Waals surface area contributed by atoms with Gasteiger partial charge in [0.15, 0.2) is 0 Å². The number of nitrogens with one attached hydrogen (secondary N) is 1. The molecule has 0 fully saturated rings. The Labute approximate surface area is 125 Å². The number of amides is 2. The van der Waals surface area contributed by atoms with Crippen molar-refractivity contribution in [2.75, 3.05) is 0 Å². The molecule has 0 radical (unpaired) electrons. The van der Waals surface area contributed by atoms with Crippen molar-refractivity contribution < 1.29 is 18.4 Å². The predicted octanol–water partition coefficient (Wildman–Crippen LogP) is 1.79. The highest BCUT2D eigenvalue weighted by molar-refractivity contribution is 5.97. The van der Waals surface area contributed by atoms with Crippen LogP contribution in [0.3, 0.4) is 0 Å². The fourth-order valence-electron chi connectivity index (χ4n) is 1.98. The summed E-state index contributed by atoms with van der Waals surface area (Å²) in [6, 6.07) is 9.81. The molecule has 1 atom stereocenters. The van der Waals surface area contributed by atoms with E-state index in [-0.39, 0.29) is 17.5 Å². The smallest absolute Gasteiger partial charge is 0.252 e. The number of carbonyl (C=O) groups is 2. The molecule has 0 spiro atoms. The number of hydrogen-bond acceptors (Lipinski definition) is 2. The van der Waals surface area contributed by atoms with E-state index in [1.54, 1.807) is 6.07 Å². The van der Waals surface area contributed by atoms with Gasteiger partial charge in [-0.2, -0.15) is 0 Å². The molecular formula is C16H14F2N2O2. The molecule has 0 aliphatic carbocycles. The normalized spacial score (nSPS) is 11.7. The molecule has 2 aromatic carbocycles. The topological polar surface area (TPSA) is 72.2 Å². The molecule has 2 rings (SSSR count). The van der Waals surface area contributed by atoms with Crippen molar-refractivity contribution in [2.24, 2.45) is 5.73 Å². The third-order valence-electron chi connectivity index (χ3n) is 3.12. The zero-order chi connectivity index (χ0) is 16.1. The van der Waals surface area contributed by atoms with Crippen LogP contribution in [0.5, 0.6) is 0 Å². The van der Waals surface area contributed by atoms with Crippen molar-refractivity contribution in [3.05, 3.63) is 71.3 Å². The Morgan fingerprint density at radius 2 is 1.82 bits per heavy atom. The molecule has 0 unspecified atom stereocenters. The molecule has 2 amide bonds. The molecular weight excluding hydrogens is 290 g/mol. The van der Waals surface area contributed by atoms with Gasteiger partial charge < -0.3 is 11.1 Å². The Morgan fingerprint density at radius 1 is 1.09 bits per heavy atom. The van der Waals surface area contributed by atoms with Crippen LogP contribution < -0.4 is 11.1 Å². The summed E-state index contributed by atoms with van der Waals surface area (Å²) in [6.07, 6.45) is -0.0803. The molecule has 6 heteroatoms. The molecule has 114 valence electrons. The highest BCUT2D eigenvalue weighted by Crippen LogP contribution is 2.10. The van der Waals surface area contributed by atoms with Crippen LogP contribution >= 0.6 is 0 Å². The first-order valence-electron chi connectivity index (χ1n) is 6.56. The van der Waals surface area contributed by atoms with Crippen LogP contribution in [-0.2, 0) is 11.2 Å². The first-order chi connectivity index (χ1) is 10.5. The van der Waals surface area contributed by atoms with E-state index in [1.165, 1.54) is 36.4 Å². The van der Waals surface area contributed by atoms with Gasteiger partial charge >= 0.3 is 0 Å². The maximum absolute atomic E-state index is 13.6. The van der Waals surface area contributed by atoms with Crippen LogP contribution in [-0.4, -0.2) is 17.9 Å². The summed E-state index contributed by atoms with van der Waals surface area (Å²) in [5.74, 6) is -2.52. The number of benzene rings is 2. The molecule has 0 aliphatic rings. The summed E-state index contributed by atoms with van der Waals surface area (Å²) in [5, 5.41) is 2.39. The van der Waals surface area contributed by atoms with Gasteiger partial charge in [0.2, 0.25) is 5.91 Å². The molecule has 0 aromatic heterocycles. The van der Waals surface area contributed by atoms with E-state index in [9.17, 15) is 18.4 Å². The molecule has 2 aromatic rings. The van der Waals surface area contributed by atoms with Crippen molar-refractivity contribution in [1.29, 1.82) is 0 Å². The minimum Gasteiger partial charge on any atom is -0.368 e. The number of rotatable bonds is 5. The van der Waals surface area contributed by atoms with Crippen LogP contribution in [0.25, 0.3) is 0 Å². The Hall–Kier alpha value is -2.76. The zero-order valence-corrected chi connectivity index (χ0v) is 11.6. The molecule has 3 N–H and O–H groups in total. The highest BCUT2D eigenvalue weighted by atomic mass is 19.1. The Kier molecular flexibility index (Phi) is 4.83. The van der Waals surface area contributed by atoms with Crippen LogP contribution in [0.15, 0.2) is 48.5 Å². The lowest BCUT2D eigenvalue weighted by molar-refractivity contribution is -0.119. The SMILES string of the molecule is NC(=O)[C@@H](Cc1ccccc1F)NC(=O)c1cccc(F)c1. The average Bonchev–Trinajstić information content (AvgIpc) is 2.48. The second-order valence-electron chi connectivity index (χ2n) is 4.73. The Morgan fingerprint density at radius 3 is 2.45 bits per heavy atom. The maximum atomic E-state index is 13.6. The minimum atomic E-state index is -1.09. The van der Waals surface area contributed by atoms with Gasteiger partial charge in [-0.1, -0.05) is 24.3 Å². The monoisotopic (exact) mass is 304 g/mol. The van der Waals surface area contributed by atoms with Gasteiger partial charge in [0.25, 0.3) is 5.91 Å². The Balaban J connectivity index is 2.14. The van der Waals surface area contributed by atoms with Crippen molar-refractivity contribution in [3.63, 3.8) is 0 Å². The quantitative estimate of drug-likeness (QED) is 0.884. The van der Waals surface area contributed by atoms with Gasteiger partial charge in [-0.15, -0.1) is 0 Å². The van der Waals surface area contributed by atoms with Crippen LogP contribution in [0, 0.1) is 11.6 Å². The van der Waals surface area contributed by atoms with Crippen LogP contribution in [0.4, 0.5) is 8.78 Å². The van der Waals surface area contributed by atoms with E-state index >= 15 is 0 Å². The van der Waals surface area contributed by atoms with Crippen molar-refractivity contribution in [2.45, 2.75) is 12.5 Å². The lowest BCUT2D eigenvalue weighted by atomic mass is 10.0. The van der Waals surface area contributed by atoms with Gasteiger partial charge in [-0.25, -0.2) is 8.78 Å². The van der Waals surface area contributed by atoms with Crippen molar-refractivity contribution in [1.82, 2.24) is 5.32 Å². The van der Waals surface area contributed by atoms with Crippen molar-refractivity contribution >= 4 is 11.8 Å². The predicted molar refractivity (Wildman–Crippen MR) is 77.0 cm³/mol. The number of carbonyl (C=O) groups excluding carboxylic acids is 2. The summed E-state index contributed by atoms with van der Waals surface area (Å²) in [6.45, 7) is 0. The molecule has 0 aliphatic heterocycles. The molecule has 22 heavy (non-hydrogen) atoms. The molecule has 0 saturated heterocycles. The van der Waals surface area contributed by atoms with E-state index in [0.29, 0.717) is 0 Å². The van der Waals surface area contributed by atoms with E-state index in [2.05, 4.69) is 5.32 Å². The number of hydrogen-bond donors (Lipinski definition) is 2. The number of halogens is 2. The summed E-state index contributed by atoms with van der Waals surface area (Å²) in [5.41, 5.74) is 5.55. The van der Waals surface area contributed by atoms with E-state index < -0.39 is 29.5 Å². The van der Waals surface area contributed by atoms with Gasteiger partial charge in [0.05, 0.1) is 0 Å². The summed E-state index contributed by atoms with van der Waals surface area (Å²) >= 11 is 0. The second kappa shape index (κ2) is 6.80. The molecule has 0 bridgehead atoms. The lowest BCUT2D eigenvalue weighted by Crippen LogP contribution is -2.46. The maximum Gasteiger partial charge on any atom is 0.252 e. The fourth-order valence-corrected chi connectivity index (χ4v) is 1.98. The van der Waals surface area contributed by atoms with Gasteiger partial charge in [0.1, 0.15) is 17.7 Å². The molecule has 4 nitrogen and oxygen atoms in total. The van der Waals surface area contributed by atoms with Gasteiger partial charge in [-0.05, 0) is 29.8 Å². The van der Waals surface area contributed by atoms with Crippen LogP contribution in [0.1, 0.15) is 15.9 Å². The summed E-state index contributed by atoms with van der Waals surface area (Å²) < 4.78 is 26.7. The standard InChI is InChI=1S/C16H14F2N2O2/c17-12-6-3-5-11(8-12)16(22)20-14(15(19)21)9-10-4-1-2-7-13(10)18/h1-8,14H,9H2,(H2,19,21)(H,20,22)/t14-/m1/s1. The third kappa shape index (κ3) is 3.88. The molecule has 0 saturated carbocycles. The van der Waals surface area contributed by atoms with E-state index in [4.69, 9.17) is 5.73 Å². The van der Waals surface area contributed by atoms with Gasteiger partial charge in [-0.3, -0.25) is 9.59 Å². The minimum absolute atomic E-state index is 0.0554. The fraction of sp³-hybridized carbons (Fsp3) is 0.125. The first kappa shape index (κ1) is 15.6. The summed E-state index contributed by atoms with van der Waals surface area (Å²) in [4.78, 5) is 23.5. The molecule has 0 heterocycles. The number of primary amides is 1. The highest BCUT2D eigenvalue weighted by Gasteiger charge is 2.21. The first-order valence-corrected chi connectivity index (χ1v) is 6.56. The van der Waals surface area contributed by atoms with E-state index in [0.717, 1.165) is 6.07 Å². The number of nitrogens with two attached hydrogens (primary N) is 1. The zero-order valence-electron chi connectivity index (χ0n) is 11.6. The second-order valence-corrected chi connectivity index (χ2v) is 4.73. The summed E-state index contributed by atoms with van der Waals surface area (Å²) in [7, 11) is 0. The Bertz CT molecular complexity index is 704. The lowest BCUT2D eigenvalue weighted by Gasteiger charge is -2.16. The van der Waals surface area contributed by atoms with Gasteiger partial charge in [0, 0.05) is 12.0 Å².